The monoisotopic (exact) mass is 505 g/mol. The molecule has 3 aromatic rings. The number of aromatic nitrogens is 3. The maximum atomic E-state index is 14.1. The number of carbonyl (C=O) groups is 1. The molecule has 1 atom stereocenters. The van der Waals surface area contributed by atoms with Crippen molar-refractivity contribution in [3.63, 3.8) is 0 Å². The quantitative estimate of drug-likeness (QED) is 0.439. The number of nitrogens with zero attached hydrogens (tertiary/aromatic N) is 5. The number of halogens is 4. The molecule has 0 saturated carbocycles. The maximum absolute atomic E-state index is 14.1. The van der Waals surface area contributed by atoms with Gasteiger partial charge in [-0.3, -0.25) is 4.79 Å². The zero-order chi connectivity index (χ0) is 26.0. The van der Waals surface area contributed by atoms with Crippen LogP contribution in [0.3, 0.4) is 0 Å². The molecule has 1 aromatic carbocycles. The number of anilines is 1. The van der Waals surface area contributed by atoms with Crippen molar-refractivity contribution in [3.05, 3.63) is 65.5 Å². The van der Waals surface area contributed by atoms with Gasteiger partial charge in [-0.2, -0.15) is 13.2 Å². The fourth-order valence-electron chi connectivity index (χ4n) is 4.23. The summed E-state index contributed by atoms with van der Waals surface area (Å²) in [5.41, 5.74) is -0.0710. The summed E-state index contributed by atoms with van der Waals surface area (Å²) >= 11 is 0. The number of hydrogen-bond acceptors (Lipinski definition) is 5. The van der Waals surface area contributed by atoms with E-state index >= 15 is 0 Å². The predicted octanol–water partition coefficient (Wildman–Crippen LogP) is 4.62. The van der Waals surface area contributed by atoms with Crippen molar-refractivity contribution in [2.24, 2.45) is 0 Å². The molecular weight excluding hydrogens is 478 g/mol. The van der Waals surface area contributed by atoms with Crippen LogP contribution >= 0.6 is 0 Å². The summed E-state index contributed by atoms with van der Waals surface area (Å²) in [5.74, 6) is -0.647. The van der Waals surface area contributed by atoms with E-state index < -0.39 is 29.7 Å². The van der Waals surface area contributed by atoms with Gasteiger partial charge in [0.05, 0.1) is 6.10 Å². The Balaban J connectivity index is 1.76. The highest BCUT2D eigenvalue weighted by atomic mass is 19.4. The maximum Gasteiger partial charge on any atom is 0.431 e. The molecule has 0 aliphatic carbocycles. The molecule has 1 saturated heterocycles. The van der Waals surface area contributed by atoms with E-state index in [1.54, 1.807) is 31.4 Å². The topological polar surface area (TPSA) is 63.5 Å². The van der Waals surface area contributed by atoms with Gasteiger partial charge < -0.3 is 19.1 Å². The summed E-state index contributed by atoms with van der Waals surface area (Å²) in [4.78, 5) is 25.2. The first-order valence-electron chi connectivity index (χ1n) is 11.5. The number of hydrogen-bond donors (Lipinski definition) is 0. The molecule has 1 fully saturated rings. The van der Waals surface area contributed by atoms with E-state index in [0.717, 1.165) is 29.2 Å². The van der Waals surface area contributed by atoms with Crippen LogP contribution in [0.5, 0.6) is 0 Å². The highest BCUT2D eigenvalue weighted by Gasteiger charge is 2.39. The zero-order valence-electron chi connectivity index (χ0n) is 20.2. The first-order chi connectivity index (χ1) is 17.0. The molecule has 7 nitrogen and oxygen atoms in total. The van der Waals surface area contributed by atoms with Gasteiger partial charge in [0.2, 0.25) is 5.95 Å². The smallest absolute Gasteiger partial charge is 0.376 e. The minimum absolute atomic E-state index is 0.0800. The van der Waals surface area contributed by atoms with Gasteiger partial charge in [0.1, 0.15) is 17.2 Å². The van der Waals surface area contributed by atoms with Gasteiger partial charge >= 0.3 is 6.18 Å². The number of alkyl halides is 3. The first-order valence-corrected chi connectivity index (χ1v) is 11.5. The van der Waals surface area contributed by atoms with Crippen LogP contribution < -0.4 is 4.90 Å². The number of ether oxygens (including phenoxy) is 1. The van der Waals surface area contributed by atoms with Crippen LogP contribution in [0, 0.1) is 5.82 Å². The van der Waals surface area contributed by atoms with Crippen molar-refractivity contribution in [2.75, 3.05) is 32.6 Å². The lowest BCUT2D eigenvalue weighted by atomic mass is 10.0. The average molecular weight is 506 g/mol. The molecule has 192 valence electrons. The third-order valence-electron chi connectivity index (χ3n) is 6.01. The van der Waals surface area contributed by atoms with Gasteiger partial charge in [-0.25, -0.2) is 14.4 Å². The van der Waals surface area contributed by atoms with Gasteiger partial charge in [0.15, 0.2) is 0 Å². The molecule has 1 amide bonds. The second-order valence-electron chi connectivity index (χ2n) is 8.99. The Labute approximate surface area is 206 Å². The third-order valence-corrected chi connectivity index (χ3v) is 6.01. The van der Waals surface area contributed by atoms with Gasteiger partial charge in [0, 0.05) is 64.4 Å². The Kier molecular flexibility index (Phi) is 7.30. The summed E-state index contributed by atoms with van der Waals surface area (Å²) in [5, 5.41) is 0. The van der Waals surface area contributed by atoms with Gasteiger partial charge in [-0.05, 0) is 36.6 Å². The molecule has 36 heavy (non-hydrogen) atoms. The molecule has 2 aromatic heterocycles. The fraction of sp³-hybridized carbons (Fsp3) is 0.400. The minimum atomic E-state index is -4.71. The van der Waals surface area contributed by atoms with E-state index in [4.69, 9.17) is 4.74 Å². The molecule has 3 heterocycles. The number of amides is 1. The van der Waals surface area contributed by atoms with E-state index in [9.17, 15) is 22.4 Å². The van der Waals surface area contributed by atoms with Crippen LogP contribution in [-0.4, -0.2) is 59.2 Å². The SMILES string of the molecule is CN(Cc1cnc(N(C)C)nc1)C(=O)c1c(-c2ccc(F)cc2)cc(C(F)(F)F)n1CC1CCCO1. The molecule has 1 aliphatic rings. The van der Waals surface area contributed by atoms with E-state index in [1.165, 1.54) is 24.1 Å². The van der Waals surface area contributed by atoms with Crippen molar-refractivity contribution in [1.29, 1.82) is 0 Å². The van der Waals surface area contributed by atoms with Crippen LogP contribution in [0.2, 0.25) is 0 Å². The lowest BCUT2D eigenvalue weighted by Crippen LogP contribution is -2.31. The number of carbonyl (C=O) groups excluding carboxylic acids is 1. The van der Waals surface area contributed by atoms with E-state index in [0.29, 0.717) is 30.1 Å². The second-order valence-corrected chi connectivity index (χ2v) is 8.99. The van der Waals surface area contributed by atoms with Crippen LogP contribution in [-0.2, 0) is 24.0 Å². The summed E-state index contributed by atoms with van der Waals surface area (Å²) in [6, 6.07) is 6.00. The average Bonchev–Trinajstić information content (AvgIpc) is 3.47. The second kappa shape index (κ2) is 10.3. The lowest BCUT2D eigenvalue weighted by molar-refractivity contribution is -0.144. The molecule has 11 heteroatoms. The molecule has 0 radical (unpaired) electrons. The third kappa shape index (κ3) is 5.51. The summed E-state index contributed by atoms with van der Waals surface area (Å²) in [6.07, 6.45) is -0.673. The van der Waals surface area contributed by atoms with Crippen LogP contribution in [0.4, 0.5) is 23.5 Å². The molecule has 4 rings (SSSR count). The van der Waals surface area contributed by atoms with Gasteiger partial charge in [0.25, 0.3) is 5.91 Å². The summed E-state index contributed by atoms with van der Waals surface area (Å²) in [7, 11) is 5.09. The molecule has 1 unspecified atom stereocenters. The Hall–Kier alpha value is -3.47. The number of rotatable bonds is 7. The molecule has 1 aliphatic heterocycles. The Morgan fingerprint density at radius 1 is 1.14 bits per heavy atom. The number of benzene rings is 1. The Bertz CT molecular complexity index is 1200. The van der Waals surface area contributed by atoms with E-state index in [-0.39, 0.29) is 24.3 Å². The largest absolute Gasteiger partial charge is 0.431 e. The summed E-state index contributed by atoms with van der Waals surface area (Å²) in [6.45, 7) is 0.428. The summed E-state index contributed by atoms with van der Waals surface area (Å²) < 4.78 is 62.6. The Morgan fingerprint density at radius 3 is 2.36 bits per heavy atom. The fourth-order valence-corrected chi connectivity index (χ4v) is 4.23. The standard InChI is InChI=1S/C25H27F4N5O2/c1-32(2)24-30-12-16(13-31-24)14-33(3)23(35)22-20(17-6-8-18(26)9-7-17)11-21(25(27,28)29)34(22)15-19-5-4-10-36-19/h6-9,11-13,19H,4-5,10,14-15H2,1-3H3. The molecule has 0 spiro atoms. The lowest BCUT2D eigenvalue weighted by Gasteiger charge is -2.22. The molecule has 0 bridgehead atoms. The van der Waals surface area contributed by atoms with Crippen molar-refractivity contribution < 1.29 is 27.1 Å². The first kappa shape index (κ1) is 25.6. The molecule has 0 N–H and O–H groups in total. The molecular formula is C25H27F4N5O2. The predicted molar refractivity (Wildman–Crippen MR) is 126 cm³/mol. The van der Waals surface area contributed by atoms with Crippen molar-refractivity contribution in [2.45, 2.75) is 38.2 Å². The van der Waals surface area contributed by atoms with Crippen molar-refractivity contribution >= 4 is 11.9 Å². The van der Waals surface area contributed by atoms with Crippen molar-refractivity contribution in [1.82, 2.24) is 19.4 Å². The van der Waals surface area contributed by atoms with Crippen LogP contribution in [0.15, 0.2) is 42.7 Å². The Morgan fingerprint density at radius 2 is 1.81 bits per heavy atom. The van der Waals surface area contributed by atoms with E-state index in [2.05, 4.69) is 9.97 Å². The van der Waals surface area contributed by atoms with Gasteiger partial charge in [-0.15, -0.1) is 0 Å². The zero-order valence-corrected chi connectivity index (χ0v) is 20.2. The highest BCUT2D eigenvalue weighted by Crippen LogP contribution is 2.38. The van der Waals surface area contributed by atoms with Crippen LogP contribution in [0.25, 0.3) is 11.1 Å². The van der Waals surface area contributed by atoms with E-state index in [1.807, 2.05) is 0 Å². The highest BCUT2D eigenvalue weighted by molar-refractivity contribution is 6.00. The minimum Gasteiger partial charge on any atom is -0.376 e. The normalized spacial score (nSPS) is 15.8. The van der Waals surface area contributed by atoms with Gasteiger partial charge in [-0.1, -0.05) is 12.1 Å². The van der Waals surface area contributed by atoms with Crippen LogP contribution in [0.1, 0.15) is 34.6 Å². The van der Waals surface area contributed by atoms with Crippen molar-refractivity contribution in [3.8, 4) is 11.1 Å².